The number of rotatable bonds is 9. The van der Waals surface area contributed by atoms with Crippen molar-refractivity contribution in [3.63, 3.8) is 0 Å². The van der Waals surface area contributed by atoms with Crippen molar-refractivity contribution >= 4 is 23.5 Å². The highest BCUT2D eigenvalue weighted by Crippen LogP contribution is 2.18. The summed E-state index contributed by atoms with van der Waals surface area (Å²) in [5.41, 5.74) is 6.22. The molecule has 1 aromatic carbocycles. The molecule has 0 aliphatic rings. The molecule has 0 aromatic heterocycles. The van der Waals surface area contributed by atoms with Gasteiger partial charge in [-0.15, -0.1) is 0 Å². The van der Waals surface area contributed by atoms with Crippen molar-refractivity contribution in [3.8, 4) is 5.75 Å². The van der Waals surface area contributed by atoms with Gasteiger partial charge in [-0.25, -0.2) is 0 Å². The second kappa shape index (κ2) is 9.41. The van der Waals surface area contributed by atoms with Crippen LogP contribution in [0, 0.1) is 0 Å². The zero-order valence-corrected chi connectivity index (χ0v) is 13.2. The molecule has 0 amide bonds. The molecule has 2 N–H and O–H groups in total. The molecule has 21 heavy (non-hydrogen) atoms. The first-order chi connectivity index (χ1) is 10.1. The Morgan fingerprint density at radius 2 is 2.00 bits per heavy atom. The number of benzene rings is 1. The molecule has 0 fully saturated rings. The van der Waals surface area contributed by atoms with Gasteiger partial charge in [0.15, 0.2) is 5.78 Å². The number of hydrogen-bond donors (Lipinski definition) is 1. The number of carbonyl (C=O) groups excluding carboxylic acids is 2. The van der Waals surface area contributed by atoms with Crippen molar-refractivity contribution < 1.29 is 19.1 Å². The Balaban J connectivity index is 2.23. The van der Waals surface area contributed by atoms with Gasteiger partial charge in [-0.1, -0.05) is 12.1 Å². The number of nitrogens with two attached hydrogens (primary N) is 1. The molecule has 1 unspecified atom stereocenters. The number of Topliss-reactive ketones (excluding diaryl/α,β-unsaturated/α-hetero) is 1. The summed E-state index contributed by atoms with van der Waals surface area (Å²) in [6, 6.07) is 6.62. The van der Waals surface area contributed by atoms with Crippen LogP contribution in [-0.2, 0) is 9.53 Å². The predicted octanol–water partition coefficient (Wildman–Crippen LogP) is 1.89. The van der Waals surface area contributed by atoms with Gasteiger partial charge < -0.3 is 15.2 Å². The number of esters is 1. The van der Waals surface area contributed by atoms with E-state index in [0.29, 0.717) is 24.3 Å². The zero-order chi connectivity index (χ0) is 15.7. The van der Waals surface area contributed by atoms with E-state index < -0.39 is 6.04 Å². The fourth-order valence-corrected chi connectivity index (χ4v) is 2.50. The first-order valence-electron chi connectivity index (χ1n) is 6.70. The standard InChI is InChI=1S/C15H21NO4S/c1-11(17)12-5-3-4-6-14(12)20-8-10-21-9-7-13(16)15(18)19-2/h3-6,13H,7-10,16H2,1-2H3. The summed E-state index contributed by atoms with van der Waals surface area (Å²) in [4.78, 5) is 22.5. The number of para-hydroxylation sites is 1. The number of ketones is 1. The van der Waals surface area contributed by atoms with Crippen LogP contribution >= 0.6 is 11.8 Å². The van der Waals surface area contributed by atoms with E-state index in [1.165, 1.54) is 14.0 Å². The molecule has 0 saturated carbocycles. The largest absolute Gasteiger partial charge is 0.492 e. The highest BCUT2D eigenvalue weighted by atomic mass is 32.2. The Morgan fingerprint density at radius 1 is 1.29 bits per heavy atom. The van der Waals surface area contributed by atoms with Gasteiger partial charge in [0.25, 0.3) is 0 Å². The van der Waals surface area contributed by atoms with Gasteiger partial charge in [0.2, 0.25) is 0 Å². The minimum Gasteiger partial charge on any atom is -0.492 e. The SMILES string of the molecule is COC(=O)C(N)CCSCCOc1ccccc1C(C)=O. The number of carbonyl (C=O) groups is 2. The number of methoxy groups -OCH3 is 1. The third-order valence-corrected chi connectivity index (χ3v) is 3.81. The molecule has 116 valence electrons. The number of hydrogen-bond acceptors (Lipinski definition) is 6. The molecule has 0 bridgehead atoms. The molecule has 0 aliphatic heterocycles. The maximum atomic E-state index is 11.4. The second-order valence-electron chi connectivity index (χ2n) is 4.43. The van der Waals surface area contributed by atoms with E-state index >= 15 is 0 Å². The number of ether oxygens (including phenoxy) is 2. The third kappa shape index (κ3) is 6.18. The first kappa shape index (κ1) is 17.5. The predicted molar refractivity (Wildman–Crippen MR) is 83.9 cm³/mol. The molecule has 0 saturated heterocycles. The zero-order valence-electron chi connectivity index (χ0n) is 12.3. The monoisotopic (exact) mass is 311 g/mol. The Bertz CT molecular complexity index is 478. The molecule has 1 aromatic rings. The lowest BCUT2D eigenvalue weighted by Crippen LogP contribution is -2.32. The summed E-state index contributed by atoms with van der Waals surface area (Å²) in [5.74, 6) is 1.73. The average Bonchev–Trinajstić information content (AvgIpc) is 2.49. The lowest BCUT2D eigenvalue weighted by atomic mass is 10.1. The van der Waals surface area contributed by atoms with Crippen LogP contribution < -0.4 is 10.5 Å². The maximum Gasteiger partial charge on any atom is 0.322 e. The van der Waals surface area contributed by atoms with Crippen LogP contribution in [-0.4, -0.2) is 43.0 Å². The van der Waals surface area contributed by atoms with Crippen LogP contribution in [0.15, 0.2) is 24.3 Å². The van der Waals surface area contributed by atoms with Gasteiger partial charge in [-0.3, -0.25) is 9.59 Å². The molecular formula is C15H21NO4S. The molecule has 6 heteroatoms. The van der Waals surface area contributed by atoms with Gasteiger partial charge in [-0.05, 0) is 31.2 Å². The summed E-state index contributed by atoms with van der Waals surface area (Å²) in [6.45, 7) is 2.02. The van der Waals surface area contributed by atoms with E-state index in [2.05, 4.69) is 4.74 Å². The van der Waals surface area contributed by atoms with Crippen molar-refractivity contribution in [2.24, 2.45) is 5.73 Å². The highest BCUT2D eigenvalue weighted by molar-refractivity contribution is 7.99. The van der Waals surface area contributed by atoms with Crippen LogP contribution in [0.3, 0.4) is 0 Å². The Morgan fingerprint density at radius 3 is 2.67 bits per heavy atom. The molecule has 1 rings (SSSR count). The molecule has 0 spiro atoms. The van der Waals surface area contributed by atoms with Gasteiger partial charge >= 0.3 is 5.97 Å². The normalized spacial score (nSPS) is 11.8. The van der Waals surface area contributed by atoms with Gasteiger partial charge in [0.05, 0.1) is 19.3 Å². The summed E-state index contributed by atoms with van der Waals surface area (Å²) in [6.07, 6.45) is 0.571. The molecule has 0 aliphatic carbocycles. The Kier molecular flexibility index (Phi) is 7.85. The van der Waals surface area contributed by atoms with Crippen LogP contribution in [0.5, 0.6) is 5.75 Å². The van der Waals surface area contributed by atoms with E-state index in [1.807, 2.05) is 12.1 Å². The summed E-state index contributed by atoms with van der Waals surface area (Å²) >= 11 is 1.65. The third-order valence-electron chi connectivity index (χ3n) is 2.83. The molecule has 0 heterocycles. The van der Waals surface area contributed by atoms with E-state index in [9.17, 15) is 9.59 Å². The van der Waals surface area contributed by atoms with Gasteiger partial charge in [0, 0.05) is 5.75 Å². The molecule has 1 atom stereocenters. The van der Waals surface area contributed by atoms with E-state index in [1.54, 1.807) is 23.9 Å². The summed E-state index contributed by atoms with van der Waals surface area (Å²) in [7, 11) is 1.33. The van der Waals surface area contributed by atoms with Crippen LogP contribution in [0.2, 0.25) is 0 Å². The van der Waals surface area contributed by atoms with Crippen molar-refractivity contribution in [1.29, 1.82) is 0 Å². The van der Waals surface area contributed by atoms with Crippen LogP contribution in [0.4, 0.5) is 0 Å². The molecule has 0 radical (unpaired) electrons. The molecule has 5 nitrogen and oxygen atoms in total. The molecular weight excluding hydrogens is 290 g/mol. The average molecular weight is 311 g/mol. The van der Waals surface area contributed by atoms with Crippen molar-refractivity contribution in [2.45, 2.75) is 19.4 Å². The van der Waals surface area contributed by atoms with E-state index in [-0.39, 0.29) is 11.8 Å². The minimum atomic E-state index is -0.568. The Hall–Kier alpha value is -1.53. The summed E-state index contributed by atoms with van der Waals surface area (Å²) in [5, 5.41) is 0. The fraction of sp³-hybridized carbons (Fsp3) is 0.467. The van der Waals surface area contributed by atoms with Gasteiger partial charge in [0.1, 0.15) is 11.8 Å². The number of thioether (sulfide) groups is 1. The van der Waals surface area contributed by atoms with Crippen molar-refractivity contribution in [2.75, 3.05) is 25.2 Å². The van der Waals surface area contributed by atoms with E-state index in [0.717, 1.165) is 11.5 Å². The summed E-state index contributed by atoms with van der Waals surface area (Å²) < 4.78 is 10.2. The second-order valence-corrected chi connectivity index (χ2v) is 5.66. The van der Waals surface area contributed by atoms with Gasteiger partial charge in [-0.2, -0.15) is 11.8 Å². The highest BCUT2D eigenvalue weighted by Gasteiger charge is 2.12. The first-order valence-corrected chi connectivity index (χ1v) is 7.85. The Labute approximate surface area is 129 Å². The minimum absolute atomic E-state index is 0.0118. The quantitative estimate of drug-likeness (QED) is 0.426. The lowest BCUT2D eigenvalue weighted by Gasteiger charge is -2.10. The fourth-order valence-electron chi connectivity index (χ4n) is 1.68. The van der Waals surface area contributed by atoms with Crippen LogP contribution in [0.1, 0.15) is 23.7 Å². The van der Waals surface area contributed by atoms with E-state index in [4.69, 9.17) is 10.5 Å². The van der Waals surface area contributed by atoms with Crippen molar-refractivity contribution in [3.05, 3.63) is 29.8 Å². The van der Waals surface area contributed by atoms with Crippen LogP contribution in [0.25, 0.3) is 0 Å². The topological polar surface area (TPSA) is 78.6 Å². The van der Waals surface area contributed by atoms with Crippen molar-refractivity contribution in [1.82, 2.24) is 0 Å². The lowest BCUT2D eigenvalue weighted by molar-refractivity contribution is -0.142. The maximum absolute atomic E-state index is 11.4. The smallest absolute Gasteiger partial charge is 0.322 e.